The van der Waals surface area contributed by atoms with E-state index in [2.05, 4.69) is 15.5 Å². The molecule has 0 radical (unpaired) electrons. The molecule has 1 aromatic carbocycles. The van der Waals surface area contributed by atoms with Crippen molar-refractivity contribution in [2.75, 3.05) is 32.7 Å². The van der Waals surface area contributed by atoms with Crippen LogP contribution in [-0.4, -0.2) is 77.8 Å². The van der Waals surface area contributed by atoms with Gasteiger partial charge in [0.1, 0.15) is 5.82 Å². The lowest BCUT2D eigenvalue weighted by Crippen LogP contribution is -2.48. The number of carbonyl (C=O) groups excluding carboxylic acids is 2. The van der Waals surface area contributed by atoms with Crippen LogP contribution in [0, 0.1) is 11.2 Å². The van der Waals surface area contributed by atoms with Crippen LogP contribution in [0.4, 0.5) is 22.4 Å². The van der Waals surface area contributed by atoms with Crippen LogP contribution >= 0.6 is 0 Å². The maximum atomic E-state index is 13.1. The van der Waals surface area contributed by atoms with Gasteiger partial charge in [-0.15, -0.1) is 0 Å². The molecule has 1 aromatic rings. The Morgan fingerprint density at radius 3 is 2.27 bits per heavy atom. The first-order valence-corrected chi connectivity index (χ1v) is 10.4. The van der Waals surface area contributed by atoms with E-state index in [1.807, 2.05) is 18.7 Å². The minimum Gasteiger partial charge on any atom is -0.475 e. The summed E-state index contributed by atoms with van der Waals surface area (Å²) in [6, 6.07) is 6.49. The van der Waals surface area contributed by atoms with Crippen molar-refractivity contribution >= 4 is 17.9 Å². The number of rotatable bonds is 3. The second-order valence-corrected chi connectivity index (χ2v) is 8.62. The molecular weight excluding hydrogens is 448 g/mol. The van der Waals surface area contributed by atoms with E-state index < -0.39 is 12.1 Å². The third kappa shape index (κ3) is 8.19. The lowest BCUT2D eigenvalue weighted by Gasteiger charge is -2.33. The summed E-state index contributed by atoms with van der Waals surface area (Å²) in [6.45, 7) is 7.75. The average Bonchev–Trinajstić information content (AvgIpc) is 2.95. The second-order valence-electron chi connectivity index (χ2n) is 8.62. The summed E-state index contributed by atoms with van der Waals surface area (Å²) in [6.07, 6.45) is -4.65. The summed E-state index contributed by atoms with van der Waals surface area (Å²) in [7, 11) is 0. The van der Waals surface area contributed by atoms with Crippen LogP contribution < -0.4 is 10.6 Å². The van der Waals surface area contributed by atoms with Crippen LogP contribution in [0.3, 0.4) is 0 Å². The fourth-order valence-corrected chi connectivity index (χ4v) is 3.82. The van der Waals surface area contributed by atoms with Gasteiger partial charge in [-0.05, 0) is 31.5 Å². The molecule has 0 aliphatic carbocycles. The Hall–Kier alpha value is -2.89. The first-order chi connectivity index (χ1) is 15.3. The maximum Gasteiger partial charge on any atom is 0.490 e. The third-order valence-corrected chi connectivity index (χ3v) is 5.23. The highest BCUT2D eigenvalue weighted by molar-refractivity contribution is 5.80. The smallest absolute Gasteiger partial charge is 0.475 e. The van der Waals surface area contributed by atoms with Gasteiger partial charge in [-0.2, -0.15) is 13.2 Å². The number of benzene rings is 1. The van der Waals surface area contributed by atoms with Crippen LogP contribution in [0.5, 0.6) is 0 Å². The van der Waals surface area contributed by atoms with E-state index in [9.17, 15) is 27.2 Å². The summed E-state index contributed by atoms with van der Waals surface area (Å²) in [5, 5.41) is 13.0. The topological polar surface area (TPSA) is 102 Å². The molecule has 3 N–H and O–H groups in total. The first kappa shape index (κ1) is 26.4. The van der Waals surface area contributed by atoms with Gasteiger partial charge in [-0.3, -0.25) is 9.69 Å². The Morgan fingerprint density at radius 2 is 1.79 bits per heavy atom. The third-order valence-electron chi connectivity index (χ3n) is 5.23. The maximum absolute atomic E-state index is 13.1. The van der Waals surface area contributed by atoms with Gasteiger partial charge in [-0.1, -0.05) is 12.1 Å². The van der Waals surface area contributed by atoms with Crippen LogP contribution in [0.15, 0.2) is 24.3 Å². The number of nitrogens with one attached hydrogen (secondary N) is 2. The van der Waals surface area contributed by atoms with Gasteiger partial charge >= 0.3 is 18.2 Å². The monoisotopic (exact) mass is 476 g/mol. The molecule has 2 aliphatic heterocycles. The summed E-state index contributed by atoms with van der Waals surface area (Å²) in [5.41, 5.74) is 0.751. The number of hydrogen-bond acceptors (Lipinski definition) is 4. The summed E-state index contributed by atoms with van der Waals surface area (Å²) < 4.78 is 44.9. The van der Waals surface area contributed by atoms with Gasteiger partial charge < -0.3 is 20.6 Å². The SMILES string of the molecule is CC(C)NC(=O)N1CCN(Cc2ccc(F)cc2)CC2(CNC(=O)C2)C1.O=C(O)C(F)(F)F. The van der Waals surface area contributed by atoms with Crippen molar-refractivity contribution in [3.05, 3.63) is 35.6 Å². The molecule has 1 unspecified atom stereocenters. The molecule has 184 valence electrons. The van der Waals surface area contributed by atoms with E-state index in [0.29, 0.717) is 32.6 Å². The van der Waals surface area contributed by atoms with E-state index in [1.165, 1.54) is 12.1 Å². The quantitative estimate of drug-likeness (QED) is 0.581. The molecule has 2 fully saturated rings. The number of carboxylic acid groups (broad SMARTS) is 1. The Balaban J connectivity index is 0.000000479. The van der Waals surface area contributed by atoms with E-state index >= 15 is 0 Å². The molecule has 0 aromatic heterocycles. The zero-order valence-electron chi connectivity index (χ0n) is 18.4. The number of carboxylic acids is 1. The molecule has 2 aliphatic rings. The minimum atomic E-state index is -5.08. The summed E-state index contributed by atoms with van der Waals surface area (Å²) in [4.78, 5) is 37.4. The van der Waals surface area contributed by atoms with E-state index in [4.69, 9.17) is 9.90 Å². The highest BCUT2D eigenvalue weighted by Gasteiger charge is 2.44. The Morgan fingerprint density at radius 1 is 1.18 bits per heavy atom. The number of alkyl halides is 3. The van der Waals surface area contributed by atoms with Crippen LogP contribution in [0.1, 0.15) is 25.8 Å². The van der Waals surface area contributed by atoms with Gasteiger partial charge in [0.2, 0.25) is 5.91 Å². The van der Waals surface area contributed by atoms with Gasteiger partial charge in [0.15, 0.2) is 0 Å². The molecule has 3 rings (SSSR count). The van der Waals surface area contributed by atoms with Gasteiger partial charge in [0.25, 0.3) is 0 Å². The van der Waals surface area contributed by atoms with Crippen molar-refractivity contribution in [3.8, 4) is 0 Å². The molecule has 1 atom stereocenters. The molecule has 3 amide bonds. The van der Waals surface area contributed by atoms with Crippen molar-refractivity contribution in [1.82, 2.24) is 20.4 Å². The fraction of sp³-hybridized carbons (Fsp3) is 0.571. The number of urea groups is 1. The lowest BCUT2D eigenvalue weighted by atomic mass is 9.86. The number of hydrogen-bond donors (Lipinski definition) is 3. The van der Waals surface area contributed by atoms with Gasteiger partial charge in [0.05, 0.1) is 0 Å². The zero-order valence-corrected chi connectivity index (χ0v) is 18.4. The molecule has 0 saturated carbocycles. The molecule has 8 nitrogen and oxygen atoms in total. The van der Waals surface area contributed by atoms with Crippen LogP contribution in [0.2, 0.25) is 0 Å². The standard InChI is InChI=1S/C19H27FN4O2.C2HF3O2/c1-14(2)22-18(26)24-8-7-23(10-15-3-5-16(20)6-4-15)12-19(13-24)9-17(25)21-11-19;3-2(4,5)1(6)7/h3-6,14H,7-13H2,1-2H3,(H,21,25)(H,22,26);(H,6,7). The second kappa shape index (κ2) is 10.8. The first-order valence-electron chi connectivity index (χ1n) is 10.4. The number of aliphatic carboxylic acids is 1. The van der Waals surface area contributed by atoms with Crippen molar-refractivity contribution in [2.45, 2.75) is 39.0 Å². The van der Waals surface area contributed by atoms with Crippen molar-refractivity contribution in [1.29, 1.82) is 0 Å². The predicted octanol–water partition coefficient (Wildman–Crippen LogP) is 2.20. The van der Waals surface area contributed by atoms with E-state index in [0.717, 1.165) is 18.7 Å². The van der Waals surface area contributed by atoms with E-state index in [1.54, 1.807) is 12.1 Å². The molecule has 1 spiro atoms. The molecule has 12 heteroatoms. The molecule has 2 heterocycles. The average molecular weight is 476 g/mol. The highest BCUT2D eigenvalue weighted by atomic mass is 19.4. The molecule has 0 bridgehead atoms. The van der Waals surface area contributed by atoms with Crippen molar-refractivity contribution in [2.24, 2.45) is 5.41 Å². The largest absolute Gasteiger partial charge is 0.490 e. The molecule has 2 saturated heterocycles. The van der Waals surface area contributed by atoms with Gasteiger partial charge in [-0.25, -0.2) is 14.0 Å². The lowest BCUT2D eigenvalue weighted by molar-refractivity contribution is -0.192. The predicted molar refractivity (Wildman–Crippen MR) is 111 cm³/mol. The van der Waals surface area contributed by atoms with Crippen LogP contribution in [-0.2, 0) is 16.1 Å². The van der Waals surface area contributed by atoms with Crippen molar-refractivity contribution in [3.63, 3.8) is 0 Å². The van der Waals surface area contributed by atoms with Crippen molar-refractivity contribution < 1.29 is 37.1 Å². The van der Waals surface area contributed by atoms with E-state index in [-0.39, 0.29) is 29.2 Å². The number of amides is 3. The number of carbonyl (C=O) groups is 3. The Labute approximate surface area is 188 Å². The molecule has 33 heavy (non-hydrogen) atoms. The number of nitrogens with zero attached hydrogens (tertiary/aromatic N) is 2. The zero-order chi connectivity index (χ0) is 24.8. The van der Waals surface area contributed by atoms with Crippen LogP contribution in [0.25, 0.3) is 0 Å². The Bertz CT molecular complexity index is 848. The summed E-state index contributed by atoms with van der Waals surface area (Å²) in [5.74, 6) is -2.96. The normalized spacial score (nSPS) is 21.3. The number of halogens is 4. The Kier molecular flexibility index (Phi) is 8.64. The minimum absolute atomic E-state index is 0.0397. The fourth-order valence-electron chi connectivity index (χ4n) is 3.82. The van der Waals surface area contributed by atoms with Gasteiger partial charge in [0, 0.05) is 57.1 Å². The molecular formula is C21H28F4N4O4. The summed E-state index contributed by atoms with van der Waals surface area (Å²) >= 11 is 0. The highest BCUT2D eigenvalue weighted by Crippen LogP contribution is 2.31.